The number of hydrogen-bond donors (Lipinski definition) is 0. The molecule has 2 aromatic rings. The molecule has 2 heterocycles. The normalized spacial score (nSPS) is 10.7. The number of rotatable bonds is 0. The van der Waals surface area contributed by atoms with Crippen LogP contribution in [0.4, 0.5) is 0 Å². The predicted molar refractivity (Wildman–Crippen MR) is 44.7 cm³/mol. The first kappa shape index (κ1) is 6.40. The molecule has 0 saturated carbocycles. The van der Waals surface area contributed by atoms with Crippen LogP contribution in [0.25, 0.3) is 5.52 Å². The van der Waals surface area contributed by atoms with Crippen molar-refractivity contribution in [1.29, 1.82) is 0 Å². The molecule has 0 aliphatic heterocycles. The van der Waals surface area contributed by atoms with E-state index in [1.807, 2.05) is 17.6 Å². The topological polar surface area (TPSA) is 17.3 Å². The molecule has 0 bridgehead atoms. The maximum atomic E-state index is 4.29. The lowest BCUT2D eigenvalue weighted by Crippen LogP contribution is -1.86. The molecule has 2 aromatic heterocycles. The summed E-state index contributed by atoms with van der Waals surface area (Å²) in [5.41, 5.74) is 3.46. The van der Waals surface area contributed by atoms with E-state index in [0.717, 1.165) is 11.2 Å². The molecule has 0 fully saturated rings. The summed E-state index contributed by atoms with van der Waals surface area (Å²) < 4.78 is 1.91. The smallest absolute Gasteiger partial charge is 0.0664 e. The van der Waals surface area contributed by atoms with Crippen LogP contribution in [0.1, 0.15) is 11.3 Å². The molecule has 0 radical (unpaired) electrons. The van der Waals surface area contributed by atoms with E-state index >= 15 is 0 Å². The van der Waals surface area contributed by atoms with Crippen molar-refractivity contribution in [2.45, 2.75) is 13.8 Å². The molecular weight excluding hydrogens is 136 g/mol. The van der Waals surface area contributed by atoms with Gasteiger partial charge in [-0.2, -0.15) is 5.10 Å². The largest absolute Gasteiger partial charge is 0.240 e. The molecule has 0 unspecified atom stereocenters. The quantitative estimate of drug-likeness (QED) is 0.555. The van der Waals surface area contributed by atoms with Crippen molar-refractivity contribution in [3.05, 3.63) is 35.7 Å². The minimum atomic E-state index is 1.07. The number of aryl methyl sites for hydroxylation is 2. The Balaban J connectivity index is 2.82. The van der Waals surface area contributed by atoms with Gasteiger partial charge >= 0.3 is 0 Å². The monoisotopic (exact) mass is 146 g/mol. The zero-order valence-electron chi connectivity index (χ0n) is 6.70. The molecule has 0 saturated heterocycles. The fourth-order valence-corrected chi connectivity index (χ4v) is 1.22. The highest BCUT2D eigenvalue weighted by atomic mass is 15.2. The van der Waals surface area contributed by atoms with Gasteiger partial charge in [0.15, 0.2) is 0 Å². The molecule has 0 atom stereocenters. The Morgan fingerprint density at radius 2 is 2.09 bits per heavy atom. The third-order valence-electron chi connectivity index (χ3n) is 1.73. The summed E-state index contributed by atoms with van der Waals surface area (Å²) in [7, 11) is 0. The van der Waals surface area contributed by atoms with E-state index in [9.17, 15) is 0 Å². The first-order valence-electron chi connectivity index (χ1n) is 3.68. The number of aromatic nitrogens is 2. The lowest BCUT2D eigenvalue weighted by atomic mass is 10.3. The van der Waals surface area contributed by atoms with Gasteiger partial charge in [0.1, 0.15) is 0 Å². The Bertz CT molecular complexity index is 387. The van der Waals surface area contributed by atoms with Crippen molar-refractivity contribution in [1.82, 2.24) is 9.61 Å². The van der Waals surface area contributed by atoms with Gasteiger partial charge in [-0.3, -0.25) is 0 Å². The highest BCUT2D eigenvalue weighted by molar-refractivity contribution is 5.47. The first-order chi connectivity index (χ1) is 5.25. The zero-order valence-corrected chi connectivity index (χ0v) is 6.70. The molecule has 56 valence electrons. The van der Waals surface area contributed by atoms with E-state index in [-0.39, 0.29) is 0 Å². The van der Waals surface area contributed by atoms with E-state index in [1.165, 1.54) is 5.56 Å². The lowest BCUT2D eigenvalue weighted by Gasteiger charge is -1.92. The van der Waals surface area contributed by atoms with Gasteiger partial charge in [-0.15, -0.1) is 0 Å². The second-order valence-electron chi connectivity index (χ2n) is 2.86. The molecule has 11 heavy (non-hydrogen) atoms. The summed E-state index contributed by atoms with van der Waals surface area (Å²) in [6.07, 6.45) is 2.03. The summed E-state index contributed by atoms with van der Waals surface area (Å²) in [4.78, 5) is 0. The van der Waals surface area contributed by atoms with E-state index < -0.39 is 0 Å². The molecule has 2 heteroatoms. The van der Waals surface area contributed by atoms with Crippen molar-refractivity contribution in [2.75, 3.05) is 0 Å². The standard InChI is InChI=1S/C9H10N2/c1-7-3-4-9-5-8(2)10-11(9)6-7/h3-6H,1-2H3. The third-order valence-corrected chi connectivity index (χ3v) is 1.73. The number of nitrogens with zero attached hydrogens (tertiary/aromatic N) is 2. The van der Waals surface area contributed by atoms with E-state index in [2.05, 4.69) is 30.2 Å². The minimum absolute atomic E-state index is 1.07. The predicted octanol–water partition coefficient (Wildman–Crippen LogP) is 1.95. The highest BCUT2D eigenvalue weighted by Gasteiger charge is 1.94. The number of fused-ring (bicyclic) bond motifs is 1. The van der Waals surface area contributed by atoms with Crippen molar-refractivity contribution in [3.63, 3.8) is 0 Å². The summed E-state index contributed by atoms with van der Waals surface area (Å²) in [6.45, 7) is 4.07. The van der Waals surface area contributed by atoms with Gasteiger partial charge in [-0.25, -0.2) is 4.52 Å². The van der Waals surface area contributed by atoms with Gasteiger partial charge in [0.2, 0.25) is 0 Å². The third kappa shape index (κ3) is 1.00. The van der Waals surface area contributed by atoms with E-state index in [1.54, 1.807) is 0 Å². The average molecular weight is 146 g/mol. The van der Waals surface area contributed by atoms with Crippen LogP contribution in [-0.4, -0.2) is 9.61 Å². The molecule has 0 aromatic carbocycles. The Kier molecular flexibility index (Phi) is 1.22. The van der Waals surface area contributed by atoms with Crippen LogP contribution in [0.15, 0.2) is 24.4 Å². The number of pyridine rings is 1. The maximum absolute atomic E-state index is 4.29. The van der Waals surface area contributed by atoms with Crippen LogP contribution in [0, 0.1) is 13.8 Å². The van der Waals surface area contributed by atoms with Crippen LogP contribution < -0.4 is 0 Å². The summed E-state index contributed by atoms with van der Waals surface area (Å²) in [5.74, 6) is 0. The minimum Gasteiger partial charge on any atom is -0.240 e. The second kappa shape index (κ2) is 2.09. The Morgan fingerprint density at radius 3 is 2.91 bits per heavy atom. The molecule has 0 aliphatic carbocycles. The number of hydrogen-bond acceptors (Lipinski definition) is 1. The van der Waals surface area contributed by atoms with E-state index in [4.69, 9.17) is 0 Å². The Hall–Kier alpha value is -1.31. The van der Waals surface area contributed by atoms with Crippen molar-refractivity contribution >= 4 is 5.52 Å². The summed E-state index contributed by atoms with van der Waals surface area (Å²) in [5, 5.41) is 4.29. The van der Waals surface area contributed by atoms with Crippen molar-refractivity contribution < 1.29 is 0 Å². The van der Waals surface area contributed by atoms with Crippen molar-refractivity contribution in [3.8, 4) is 0 Å². The van der Waals surface area contributed by atoms with Crippen molar-refractivity contribution in [2.24, 2.45) is 0 Å². The molecular formula is C9H10N2. The average Bonchev–Trinajstić information content (AvgIpc) is 2.27. The molecule has 2 rings (SSSR count). The second-order valence-corrected chi connectivity index (χ2v) is 2.86. The fraction of sp³-hybridized carbons (Fsp3) is 0.222. The first-order valence-corrected chi connectivity index (χ1v) is 3.68. The van der Waals surface area contributed by atoms with Gasteiger partial charge in [-0.05, 0) is 31.5 Å². The summed E-state index contributed by atoms with van der Waals surface area (Å²) in [6, 6.07) is 6.24. The molecule has 0 N–H and O–H groups in total. The van der Waals surface area contributed by atoms with E-state index in [0.29, 0.717) is 0 Å². The Labute approximate surface area is 65.5 Å². The molecule has 0 aliphatic rings. The van der Waals surface area contributed by atoms with Gasteiger partial charge in [0, 0.05) is 6.20 Å². The fourth-order valence-electron chi connectivity index (χ4n) is 1.22. The van der Waals surface area contributed by atoms with Gasteiger partial charge in [0.25, 0.3) is 0 Å². The van der Waals surface area contributed by atoms with Gasteiger partial charge in [-0.1, -0.05) is 6.07 Å². The lowest BCUT2D eigenvalue weighted by molar-refractivity contribution is 0.926. The van der Waals surface area contributed by atoms with Crippen LogP contribution in [0.3, 0.4) is 0 Å². The van der Waals surface area contributed by atoms with Crippen LogP contribution in [-0.2, 0) is 0 Å². The SMILES string of the molecule is Cc1ccc2cc(C)nn2c1. The highest BCUT2D eigenvalue weighted by Crippen LogP contribution is 2.06. The Morgan fingerprint density at radius 1 is 1.27 bits per heavy atom. The summed E-state index contributed by atoms with van der Waals surface area (Å²) >= 11 is 0. The molecule has 0 amide bonds. The zero-order chi connectivity index (χ0) is 7.84. The van der Waals surface area contributed by atoms with Gasteiger partial charge in [0.05, 0.1) is 11.2 Å². The molecule has 0 spiro atoms. The maximum Gasteiger partial charge on any atom is 0.0664 e. The molecule has 2 nitrogen and oxygen atoms in total. The van der Waals surface area contributed by atoms with Crippen LogP contribution >= 0.6 is 0 Å². The van der Waals surface area contributed by atoms with Crippen LogP contribution in [0.5, 0.6) is 0 Å². The van der Waals surface area contributed by atoms with Gasteiger partial charge < -0.3 is 0 Å². The van der Waals surface area contributed by atoms with Crippen LogP contribution in [0.2, 0.25) is 0 Å².